The molecule has 0 aliphatic carbocycles. The van der Waals surface area contributed by atoms with Crippen LogP contribution in [0.25, 0.3) is 0 Å². The minimum absolute atomic E-state index is 0.319. The van der Waals surface area contributed by atoms with E-state index < -0.39 is 22.0 Å². The van der Waals surface area contributed by atoms with Crippen LogP contribution in [0.4, 0.5) is 11.4 Å². The molecule has 2 aromatic rings. The van der Waals surface area contributed by atoms with Gasteiger partial charge in [0, 0.05) is 17.8 Å². The van der Waals surface area contributed by atoms with Crippen molar-refractivity contribution < 1.29 is 27.4 Å². The first-order valence-corrected chi connectivity index (χ1v) is 10.5. The molecule has 9 heteroatoms. The zero-order valence-electron chi connectivity index (χ0n) is 15.8. The Kier molecular flexibility index (Phi) is 5.64. The Labute approximate surface area is 164 Å². The van der Waals surface area contributed by atoms with E-state index in [-0.39, 0.29) is 0 Å². The molecule has 0 aromatic heterocycles. The number of benzene rings is 2. The Morgan fingerprint density at radius 3 is 2.54 bits per heavy atom. The second-order valence-electron chi connectivity index (χ2n) is 6.28. The van der Waals surface area contributed by atoms with Crippen molar-refractivity contribution in [3.05, 3.63) is 42.5 Å². The summed E-state index contributed by atoms with van der Waals surface area (Å²) in [5, 5.41) is 2.72. The lowest BCUT2D eigenvalue weighted by molar-refractivity contribution is -0.116. The van der Waals surface area contributed by atoms with Gasteiger partial charge in [0.25, 0.3) is 0 Å². The molecule has 0 fully saturated rings. The average Bonchev–Trinajstić information content (AvgIpc) is 2.67. The van der Waals surface area contributed by atoms with Gasteiger partial charge < -0.3 is 19.5 Å². The molecule has 1 amide bonds. The van der Waals surface area contributed by atoms with E-state index in [0.29, 0.717) is 41.8 Å². The molecule has 0 radical (unpaired) electrons. The van der Waals surface area contributed by atoms with Gasteiger partial charge in [0.2, 0.25) is 15.9 Å². The summed E-state index contributed by atoms with van der Waals surface area (Å²) in [5.74, 6) is 1.08. The number of sulfonamides is 1. The first kappa shape index (κ1) is 19.8. The van der Waals surface area contributed by atoms with Crippen molar-refractivity contribution in [3.63, 3.8) is 0 Å². The van der Waals surface area contributed by atoms with E-state index in [2.05, 4.69) is 5.32 Å². The number of anilines is 2. The summed E-state index contributed by atoms with van der Waals surface area (Å²) in [6.07, 6.45) is 1.05. The highest BCUT2D eigenvalue weighted by Gasteiger charge is 2.30. The van der Waals surface area contributed by atoms with Gasteiger partial charge in [-0.1, -0.05) is 6.07 Å². The molecule has 1 heterocycles. The molecule has 1 aliphatic rings. The molecule has 0 saturated heterocycles. The van der Waals surface area contributed by atoms with Crippen molar-refractivity contribution in [1.29, 1.82) is 0 Å². The molecule has 8 nitrogen and oxygen atoms in total. The largest absolute Gasteiger partial charge is 0.497 e. The number of carbonyl (C=O) groups excluding carboxylic acids is 1. The van der Waals surface area contributed by atoms with Crippen LogP contribution in [0.1, 0.15) is 6.92 Å². The number of ether oxygens (including phenoxy) is 3. The third-order valence-electron chi connectivity index (χ3n) is 4.21. The summed E-state index contributed by atoms with van der Waals surface area (Å²) in [4.78, 5) is 12.7. The van der Waals surface area contributed by atoms with Crippen LogP contribution in [0, 0.1) is 0 Å². The summed E-state index contributed by atoms with van der Waals surface area (Å²) in [5.41, 5.74) is 0.826. The van der Waals surface area contributed by atoms with Gasteiger partial charge in [-0.25, -0.2) is 8.42 Å². The lowest BCUT2D eigenvalue weighted by Gasteiger charge is -2.29. The Balaban J connectivity index is 1.88. The number of hydrogen-bond donors (Lipinski definition) is 1. The monoisotopic (exact) mass is 406 g/mol. The molecule has 1 atom stereocenters. The quantitative estimate of drug-likeness (QED) is 0.791. The molecule has 1 unspecified atom stereocenters. The summed E-state index contributed by atoms with van der Waals surface area (Å²) in [6, 6.07) is 10.6. The highest BCUT2D eigenvalue weighted by Crippen LogP contribution is 2.35. The van der Waals surface area contributed by atoms with E-state index >= 15 is 0 Å². The first-order chi connectivity index (χ1) is 13.3. The standard InChI is InChI=1S/C19H22N2O6S/c1-13(19(22)20-14-5-4-6-16(11-14)25-2)21(28(3,23)24)15-7-8-17-18(12-15)27-10-9-26-17/h4-8,11-13H,9-10H2,1-3H3,(H,20,22). The highest BCUT2D eigenvalue weighted by molar-refractivity contribution is 7.92. The van der Waals surface area contributed by atoms with Gasteiger partial charge in [-0.15, -0.1) is 0 Å². The molecule has 3 rings (SSSR count). The predicted molar refractivity (Wildman–Crippen MR) is 106 cm³/mol. The fraction of sp³-hybridized carbons (Fsp3) is 0.316. The summed E-state index contributed by atoms with van der Waals surface area (Å²) in [7, 11) is -2.22. The molecular formula is C19H22N2O6S. The Hall–Kier alpha value is -2.94. The molecule has 0 bridgehead atoms. The molecule has 28 heavy (non-hydrogen) atoms. The Morgan fingerprint density at radius 2 is 1.86 bits per heavy atom. The summed E-state index contributed by atoms with van der Waals surface area (Å²) in [6.45, 7) is 2.33. The van der Waals surface area contributed by atoms with Crippen LogP contribution in [-0.2, 0) is 14.8 Å². The smallest absolute Gasteiger partial charge is 0.247 e. The lowest BCUT2D eigenvalue weighted by atomic mass is 10.2. The van der Waals surface area contributed by atoms with Gasteiger partial charge in [0.15, 0.2) is 11.5 Å². The van der Waals surface area contributed by atoms with Crippen LogP contribution in [0.3, 0.4) is 0 Å². The highest BCUT2D eigenvalue weighted by atomic mass is 32.2. The molecule has 150 valence electrons. The van der Waals surface area contributed by atoms with Crippen molar-refractivity contribution in [2.75, 3.05) is 36.2 Å². The van der Waals surface area contributed by atoms with Gasteiger partial charge in [-0.3, -0.25) is 9.10 Å². The molecule has 2 aromatic carbocycles. The van der Waals surface area contributed by atoms with Gasteiger partial charge in [0.05, 0.1) is 19.1 Å². The molecule has 1 aliphatic heterocycles. The molecular weight excluding hydrogens is 384 g/mol. The maximum Gasteiger partial charge on any atom is 0.247 e. The van der Waals surface area contributed by atoms with Crippen molar-refractivity contribution in [3.8, 4) is 17.2 Å². The van der Waals surface area contributed by atoms with Crippen LogP contribution in [0.5, 0.6) is 17.2 Å². The van der Waals surface area contributed by atoms with E-state index in [4.69, 9.17) is 14.2 Å². The third kappa shape index (κ3) is 4.30. The van der Waals surface area contributed by atoms with Gasteiger partial charge in [-0.05, 0) is 31.2 Å². The van der Waals surface area contributed by atoms with Crippen LogP contribution >= 0.6 is 0 Å². The second-order valence-corrected chi connectivity index (χ2v) is 8.14. The topological polar surface area (TPSA) is 94.2 Å². The Morgan fingerprint density at radius 1 is 1.14 bits per heavy atom. The maximum absolute atomic E-state index is 12.7. The zero-order valence-corrected chi connectivity index (χ0v) is 16.7. The number of fused-ring (bicyclic) bond motifs is 1. The predicted octanol–water partition coefficient (Wildman–Crippen LogP) is 2.26. The number of hydrogen-bond acceptors (Lipinski definition) is 6. The van der Waals surface area contributed by atoms with E-state index in [1.54, 1.807) is 42.5 Å². The number of rotatable bonds is 6. The number of nitrogens with zero attached hydrogens (tertiary/aromatic N) is 1. The van der Waals surface area contributed by atoms with Crippen molar-refractivity contribution in [1.82, 2.24) is 0 Å². The van der Waals surface area contributed by atoms with Crippen LogP contribution in [0.15, 0.2) is 42.5 Å². The molecule has 0 saturated carbocycles. The summed E-state index contributed by atoms with van der Waals surface area (Å²) >= 11 is 0. The molecule has 1 N–H and O–H groups in total. The first-order valence-electron chi connectivity index (χ1n) is 8.63. The van der Waals surface area contributed by atoms with Gasteiger partial charge >= 0.3 is 0 Å². The van der Waals surface area contributed by atoms with Crippen LogP contribution < -0.4 is 23.8 Å². The zero-order chi connectivity index (χ0) is 20.3. The van der Waals surface area contributed by atoms with Crippen molar-refractivity contribution >= 4 is 27.3 Å². The minimum atomic E-state index is -3.74. The fourth-order valence-electron chi connectivity index (χ4n) is 2.93. The third-order valence-corrected chi connectivity index (χ3v) is 5.45. The Bertz CT molecular complexity index is 976. The number of methoxy groups -OCH3 is 1. The summed E-state index contributed by atoms with van der Waals surface area (Å²) < 4.78 is 42.1. The normalized spacial score (nSPS) is 14.1. The SMILES string of the molecule is COc1cccc(NC(=O)C(C)N(c2ccc3c(c2)OCCO3)S(C)(=O)=O)c1. The number of nitrogens with one attached hydrogen (secondary N) is 1. The van der Waals surface area contributed by atoms with Gasteiger partial charge in [-0.2, -0.15) is 0 Å². The average molecular weight is 406 g/mol. The van der Waals surface area contributed by atoms with Gasteiger partial charge in [0.1, 0.15) is 25.0 Å². The van der Waals surface area contributed by atoms with E-state index in [9.17, 15) is 13.2 Å². The number of carbonyl (C=O) groups is 1. The minimum Gasteiger partial charge on any atom is -0.497 e. The lowest BCUT2D eigenvalue weighted by Crippen LogP contribution is -2.45. The van der Waals surface area contributed by atoms with E-state index in [0.717, 1.165) is 10.6 Å². The number of amides is 1. The van der Waals surface area contributed by atoms with E-state index in [1.807, 2.05) is 0 Å². The van der Waals surface area contributed by atoms with Crippen molar-refractivity contribution in [2.45, 2.75) is 13.0 Å². The van der Waals surface area contributed by atoms with Crippen molar-refractivity contribution in [2.24, 2.45) is 0 Å². The van der Waals surface area contributed by atoms with Crippen LogP contribution in [0.2, 0.25) is 0 Å². The fourth-order valence-corrected chi connectivity index (χ4v) is 4.09. The second kappa shape index (κ2) is 7.97. The molecule has 0 spiro atoms. The van der Waals surface area contributed by atoms with Crippen LogP contribution in [-0.4, -0.2) is 46.9 Å². The maximum atomic E-state index is 12.7. The van der Waals surface area contributed by atoms with E-state index in [1.165, 1.54) is 14.0 Å².